The number of hydrogen-bond acceptors (Lipinski definition) is 3. The first-order valence-electron chi connectivity index (χ1n) is 10.9. The van der Waals surface area contributed by atoms with Gasteiger partial charge in [0.05, 0.1) is 18.0 Å². The number of amides is 1. The molecule has 0 saturated heterocycles. The summed E-state index contributed by atoms with van der Waals surface area (Å²) < 4.78 is 0. The molecule has 0 atom stereocenters. The summed E-state index contributed by atoms with van der Waals surface area (Å²) in [6, 6.07) is 23.1. The lowest BCUT2D eigenvalue weighted by Gasteiger charge is -2.38. The van der Waals surface area contributed by atoms with Gasteiger partial charge in [-0.1, -0.05) is 68.4 Å². The van der Waals surface area contributed by atoms with Crippen LogP contribution in [-0.2, 0) is 17.9 Å². The standard InChI is InChI=1S/C27H30N2O2/c1-19(2)21-8-10-22(11-9-21)23-12-13-26-27(16-23)28(14-15-29(26)20(3)31)17-24-6-4-5-7-25(24)18-30/h4-13,16,19,30H,14-15,17-18H2,1-3H3. The first kappa shape index (κ1) is 21.1. The maximum Gasteiger partial charge on any atom is 0.223 e. The first-order valence-corrected chi connectivity index (χ1v) is 10.9. The van der Waals surface area contributed by atoms with Crippen LogP contribution < -0.4 is 9.80 Å². The maximum atomic E-state index is 12.3. The van der Waals surface area contributed by atoms with Crippen LogP contribution in [0.5, 0.6) is 0 Å². The normalized spacial score (nSPS) is 13.5. The number of rotatable bonds is 5. The van der Waals surface area contributed by atoms with Crippen molar-refractivity contribution in [1.82, 2.24) is 0 Å². The van der Waals surface area contributed by atoms with Crippen LogP contribution >= 0.6 is 0 Å². The third-order valence-corrected chi connectivity index (χ3v) is 6.14. The molecular formula is C27H30N2O2. The summed E-state index contributed by atoms with van der Waals surface area (Å²) in [5, 5.41) is 9.74. The molecule has 0 aromatic heterocycles. The Hall–Kier alpha value is -3.11. The lowest BCUT2D eigenvalue weighted by atomic mass is 9.97. The third kappa shape index (κ3) is 4.35. The van der Waals surface area contributed by atoms with Gasteiger partial charge in [0.25, 0.3) is 0 Å². The molecule has 1 aliphatic heterocycles. The molecule has 3 aromatic rings. The van der Waals surface area contributed by atoms with Crippen LogP contribution in [0.25, 0.3) is 11.1 Å². The summed E-state index contributed by atoms with van der Waals surface area (Å²) in [6.45, 7) is 8.16. The van der Waals surface area contributed by atoms with E-state index in [0.29, 0.717) is 19.0 Å². The number of anilines is 2. The Kier molecular flexibility index (Phi) is 6.10. The van der Waals surface area contributed by atoms with E-state index in [2.05, 4.69) is 67.3 Å². The van der Waals surface area contributed by atoms with Crippen molar-refractivity contribution in [1.29, 1.82) is 0 Å². The first-order chi connectivity index (χ1) is 15.0. The van der Waals surface area contributed by atoms with Crippen LogP contribution in [0.4, 0.5) is 11.4 Å². The molecule has 4 heteroatoms. The summed E-state index contributed by atoms with van der Waals surface area (Å²) in [4.78, 5) is 16.4. The summed E-state index contributed by atoms with van der Waals surface area (Å²) in [7, 11) is 0. The number of hydrogen-bond donors (Lipinski definition) is 1. The van der Waals surface area contributed by atoms with E-state index in [0.717, 1.165) is 34.6 Å². The molecule has 1 N–H and O–H groups in total. The number of carbonyl (C=O) groups is 1. The van der Waals surface area contributed by atoms with Gasteiger partial charge >= 0.3 is 0 Å². The molecule has 0 aliphatic carbocycles. The molecule has 3 aromatic carbocycles. The van der Waals surface area contributed by atoms with Gasteiger partial charge in [0.15, 0.2) is 0 Å². The Bertz CT molecular complexity index is 1070. The quantitative estimate of drug-likeness (QED) is 0.613. The summed E-state index contributed by atoms with van der Waals surface area (Å²) in [5.74, 6) is 0.564. The van der Waals surface area contributed by atoms with E-state index in [4.69, 9.17) is 0 Å². The van der Waals surface area contributed by atoms with E-state index < -0.39 is 0 Å². The fraction of sp³-hybridized carbons (Fsp3) is 0.296. The van der Waals surface area contributed by atoms with Crippen molar-refractivity contribution in [2.24, 2.45) is 0 Å². The van der Waals surface area contributed by atoms with E-state index in [-0.39, 0.29) is 12.5 Å². The summed E-state index contributed by atoms with van der Waals surface area (Å²) in [5.41, 5.74) is 7.69. The molecule has 31 heavy (non-hydrogen) atoms. The minimum Gasteiger partial charge on any atom is -0.392 e. The Morgan fingerprint density at radius 3 is 2.23 bits per heavy atom. The zero-order chi connectivity index (χ0) is 22.0. The van der Waals surface area contributed by atoms with E-state index >= 15 is 0 Å². The second-order valence-electron chi connectivity index (χ2n) is 8.50. The van der Waals surface area contributed by atoms with Crippen molar-refractivity contribution >= 4 is 17.3 Å². The molecule has 0 spiro atoms. The van der Waals surface area contributed by atoms with Crippen molar-refractivity contribution in [3.63, 3.8) is 0 Å². The van der Waals surface area contributed by atoms with Gasteiger partial charge in [-0.2, -0.15) is 0 Å². The van der Waals surface area contributed by atoms with Gasteiger partial charge in [-0.3, -0.25) is 4.79 Å². The Labute approximate surface area is 184 Å². The van der Waals surface area contributed by atoms with Gasteiger partial charge < -0.3 is 14.9 Å². The highest BCUT2D eigenvalue weighted by Gasteiger charge is 2.26. The van der Waals surface area contributed by atoms with E-state index in [1.54, 1.807) is 6.92 Å². The minimum absolute atomic E-state index is 0.0265. The topological polar surface area (TPSA) is 43.8 Å². The van der Waals surface area contributed by atoms with Crippen molar-refractivity contribution in [3.8, 4) is 11.1 Å². The van der Waals surface area contributed by atoms with Crippen molar-refractivity contribution in [2.45, 2.75) is 39.8 Å². The number of carbonyl (C=O) groups excluding carboxylic acids is 1. The predicted molar refractivity (Wildman–Crippen MR) is 127 cm³/mol. The third-order valence-electron chi connectivity index (χ3n) is 6.14. The van der Waals surface area contributed by atoms with Crippen LogP contribution in [0.1, 0.15) is 43.4 Å². The monoisotopic (exact) mass is 414 g/mol. The molecule has 4 nitrogen and oxygen atoms in total. The SMILES string of the molecule is CC(=O)N1CCN(Cc2ccccc2CO)c2cc(-c3ccc(C(C)C)cc3)ccc21. The molecule has 0 radical (unpaired) electrons. The summed E-state index contributed by atoms with van der Waals surface area (Å²) >= 11 is 0. The van der Waals surface area contributed by atoms with Crippen molar-refractivity contribution < 1.29 is 9.90 Å². The van der Waals surface area contributed by atoms with Crippen LogP contribution in [0.3, 0.4) is 0 Å². The molecule has 0 bridgehead atoms. The predicted octanol–water partition coefficient (Wildman–Crippen LogP) is 5.34. The molecule has 0 saturated carbocycles. The van der Waals surface area contributed by atoms with Gasteiger partial charge in [0.2, 0.25) is 5.91 Å². The van der Waals surface area contributed by atoms with E-state index in [1.807, 2.05) is 23.1 Å². The lowest BCUT2D eigenvalue weighted by molar-refractivity contribution is -0.116. The summed E-state index contributed by atoms with van der Waals surface area (Å²) in [6.07, 6.45) is 0. The molecule has 1 heterocycles. The van der Waals surface area contributed by atoms with Gasteiger partial charge in [0, 0.05) is 26.6 Å². The van der Waals surface area contributed by atoms with E-state index in [1.165, 1.54) is 11.1 Å². The largest absolute Gasteiger partial charge is 0.392 e. The Balaban J connectivity index is 1.73. The van der Waals surface area contributed by atoms with Crippen LogP contribution in [-0.4, -0.2) is 24.1 Å². The highest BCUT2D eigenvalue weighted by atomic mass is 16.3. The smallest absolute Gasteiger partial charge is 0.223 e. The number of aliphatic hydroxyl groups excluding tert-OH is 1. The molecule has 4 rings (SSSR count). The fourth-order valence-electron chi connectivity index (χ4n) is 4.27. The average Bonchev–Trinajstić information content (AvgIpc) is 2.79. The molecule has 0 unspecified atom stereocenters. The second kappa shape index (κ2) is 8.94. The number of aliphatic hydroxyl groups is 1. The minimum atomic E-state index is 0.0265. The molecule has 1 aliphatic rings. The zero-order valence-electron chi connectivity index (χ0n) is 18.5. The van der Waals surface area contributed by atoms with Crippen LogP contribution in [0.2, 0.25) is 0 Å². The highest BCUT2D eigenvalue weighted by molar-refractivity contribution is 5.97. The Morgan fingerprint density at radius 2 is 1.58 bits per heavy atom. The van der Waals surface area contributed by atoms with Gasteiger partial charge in [-0.15, -0.1) is 0 Å². The molecular weight excluding hydrogens is 384 g/mol. The maximum absolute atomic E-state index is 12.3. The number of benzene rings is 3. The fourth-order valence-corrected chi connectivity index (χ4v) is 4.27. The van der Waals surface area contributed by atoms with Crippen LogP contribution in [0, 0.1) is 0 Å². The Morgan fingerprint density at radius 1 is 0.903 bits per heavy atom. The highest BCUT2D eigenvalue weighted by Crippen LogP contribution is 2.38. The lowest BCUT2D eigenvalue weighted by Crippen LogP contribution is -2.43. The van der Waals surface area contributed by atoms with Gasteiger partial charge in [-0.25, -0.2) is 0 Å². The van der Waals surface area contributed by atoms with Gasteiger partial charge in [0.1, 0.15) is 0 Å². The number of fused-ring (bicyclic) bond motifs is 1. The number of nitrogens with zero attached hydrogens (tertiary/aromatic N) is 2. The molecule has 1 amide bonds. The molecule has 0 fully saturated rings. The van der Waals surface area contributed by atoms with Crippen molar-refractivity contribution in [3.05, 3.63) is 83.4 Å². The van der Waals surface area contributed by atoms with Crippen molar-refractivity contribution in [2.75, 3.05) is 22.9 Å². The van der Waals surface area contributed by atoms with E-state index in [9.17, 15) is 9.90 Å². The zero-order valence-corrected chi connectivity index (χ0v) is 18.5. The average molecular weight is 415 g/mol. The van der Waals surface area contributed by atoms with Crippen LogP contribution in [0.15, 0.2) is 66.7 Å². The second-order valence-corrected chi connectivity index (χ2v) is 8.50. The molecule has 160 valence electrons. The van der Waals surface area contributed by atoms with Gasteiger partial charge in [-0.05, 0) is 45.9 Å².